The molecule has 0 aliphatic rings. The number of sulfonamides is 1. The topological polar surface area (TPSA) is 58.2 Å². The van der Waals surface area contributed by atoms with Gasteiger partial charge in [-0.05, 0) is 47.6 Å². The van der Waals surface area contributed by atoms with Gasteiger partial charge >= 0.3 is 0 Å². The van der Waals surface area contributed by atoms with Gasteiger partial charge in [0.15, 0.2) is 0 Å². The molecule has 1 aromatic rings. The van der Waals surface area contributed by atoms with E-state index in [1.807, 2.05) is 0 Å². The molecule has 0 radical (unpaired) electrons. The van der Waals surface area contributed by atoms with Gasteiger partial charge in [0.2, 0.25) is 10.0 Å². The summed E-state index contributed by atoms with van der Waals surface area (Å²) in [6.45, 7) is 2.37. The summed E-state index contributed by atoms with van der Waals surface area (Å²) in [5.41, 5.74) is 0.377. The van der Waals surface area contributed by atoms with Gasteiger partial charge in [-0.2, -0.15) is 0 Å². The van der Waals surface area contributed by atoms with Crippen molar-refractivity contribution in [1.82, 2.24) is 10.0 Å². The molecule has 0 heterocycles. The van der Waals surface area contributed by atoms with E-state index in [0.717, 1.165) is 0 Å². The third-order valence-electron chi connectivity index (χ3n) is 2.17. The van der Waals surface area contributed by atoms with Crippen LogP contribution in [0.4, 0.5) is 4.39 Å². The largest absolute Gasteiger partial charge is 0.318 e. The van der Waals surface area contributed by atoms with Crippen LogP contribution in [0.15, 0.2) is 21.5 Å². The summed E-state index contributed by atoms with van der Waals surface area (Å²) in [5.74, 6) is -0.475. The minimum atomic E-state index is -3.59. The average Bonchev–Trinajstić information content (AvgIpc) is 2.23. The Kier molecular flexibility index (Phi) is 7.31. The van der Waals surface area contributed by atoms with E-state index < -0.39 is 15.8 Å². The monoisotopic (exact) mass is 360 g/mol. The number of likely N-dealkylation sites (N-methyl/N-ethyl adjacent to an activating group) is 1. The van der Waals surface area contributed by atoms with Crippen molar-refractivity contribution in [2.75, 3.05) is 20.1 Å². The number of nitrogens with one attached hydrogen (secondary N) is 2. The SMILES string of the molecule is CNCCNS(=O)(=O)c1cc(Br)c(F)cc1C.Cl. The standard InChI is InChI=1S/C10H14BrFN2O2S.ClH/c1-7-5-9(12)8(11)6-10(7)17(15,16)14-4-3-13-2;/h5-6,13-14H,3-4H2,1-2H3;1H. The lowest BCUT2D eigenvalue weighted by molar-refractivity contribution is 0.577. The first-order valence-electron chi connectivity index (χ1n) is 4.98. The number of hydrogen-bond donors (Lipinski definition) is 2. The van der Waals surface area contributed by atoms with E-state index >= 15 is 0 Å². The number of rotatable bonds is 5. The van der Waals surface area contributed by atoms with Crippen LogP contribution in [0.2, 0.25) is 0 Å². The zero-order valence-corrected chi connectivity index (χ0v) is 13.2. The van der Waals surface area contributed by atoms with Crippen LogP contribution in [0, 0.1) is 12.7 Å². The molecule has 0 amide bonds. The zero-order valence-electron chi connectivity index (χ0n) is 9.96. The third kappa shape index (κ3) is 4.47. The van der Waals surface area contributed by atoms with Crippen LogP contribution >= 0.6 is 28.3 Å². The van der Waals surface area contributed by atoms with Crippen molar-refractivity contribution in [2.45, 2.75) is 11.8 Å². The van der Waals surface area contributed by atoms with E-state index in [2.05, 4.69) is 26.0 Å². The summed E-state index contributed by atoms with van der Waals surface area (Å²) in [6, 6.07) is 2.46. The summed E-state index contributed by atoms with van der Waals surface area (Å²) in [7, 11) is -1.86. The molecule has 0 aliphatic carbocycles. The fourth-order valence-electron chi connectivity index (χ4n) is 1.31. The second-order valence-corrected chi connectivity index (χ2v) is 6.12. The van der Waals surface area contributed by atoms with Gasteiger partial charge in [-0.15, -0.1) is 12.4 Å². The maximum absolute atomic E-state index is 13.2. The molecule has 4 nitrogen and oxygen atoms in total. The van der Waals surface area contributed by atoms with Crippen LogP contribution in [-0.2, 0) is 10.0 Å². The van der Waals surface area contributed by atoms with Crippen molar-refractivity contribution in [3.05, 3.63) is 28.0 Å². The van der Waals surface area contributed by atoms with E-state index in [-0.39, 0.29) is 28.3 Å². The second kappa shape index (κ2) is 7.40. The molecule has 0 unspecified atom stereocenters. The molecule has 2 N–H and O–H groups in total. The minimum Gasteiger partial charge on any atom is -0.318 e. The minimum absolute atomic E-state index is 0. The molecule has 0 atom stereocenters. The van der Waals surface area contributed by atoms with Crippen molar-refractivity contribution in [3.8, 4) is 0 Å². The first-order chi connectivity index (χ1) is 7.88. The highest BCUT2D eigenvalue weighted by atomic mass is 79.9. The summed E-state index contributed by atoms with van der Waals surface area (Å²) >= 11 is 2.97. The molecule has 0 aliphatic heterocycles. The van der Waals surface area contributed by atoms with Gasteiger partial charge in [0.05, 0.1) is 9.37 Å². The number of hydrogen-bond acceptors (Lipinski definition) is 3. The maximum atomic E-state index is 13.2. The number of aryl methyl sites for hydroxylation is 1. The molecule has 1 aromatic carbocycles. The van der Waals surface area contributed by atoms with E-state index in [4.69, 9.17) is 0 Å². The fourth-order valence-corrected chi connectivity index (χ4v) is 3.08. The third-order valence-corrected chi connectivity index (χ3v) is 4.39. The molecule has 0 aromatic heterocycles. The first kappa shape index (κ1) is 17.8. The Morgan fingerprint density at radius 2 is 1.94 bits per heavy atom. The molecule has 0 saturated carbocycles. The molecule has 18 heavy (non-hydrogen) atoms. The van der Waals surface area contributed by atoms with Crippen LogP contribution in [0.1, 0.15) is 5.56 Å². The van der Waals surface area contributed by atoms with Gasteiger partial charge in [0, 0.05) is 13.1 Å². The second-order valence-electron chi connectivity index (χ2n) is 3.53. The van der Waals surface area contributed by atoms with Gasteiger partial charge in [0.1, 0.15) is 5.82 Å². The molecule has 1 rings (SSSR count). The Morgan fingerprint density at radius 1 is 1.33 bits per heavy atom. The lowest BCUT2D eigenvalue weighted by Crippen LogP contribution is -2.31. The average molecular weight is 362 g/mol. The van der Waals surface area contributed by atoms with Crippen LogP contribution in [-0.4, -0.2) is 28.6 Å². The lowest BCUT2D eigenvalue weighted by Gasteiger charge is -2.10. The van der Waals surface area contributed by atoms with Crippen LogP contribution in [0.3, 0.4) is 0 Å². The van der Waals surface area contributed by atoms with Crippen LogP contribution < -0.4 is 10.0 Å². The zero-order chi connectivity index (χ0) is 13.1. The number of benzene rings is 1. The van der Waals surface area contributed by atoms with Crippen LogP contribution in [0.5, 0.6) is 0 Å². The van der Waals surface area contributed by atoms with Gasteiger partial charge in [0.25, 0.3) is 0 Å². The first-order valence-corrected chi connectivity index (χ1v) is 7.26. The summed E-state index contributed by atoms with van der Waals surface area (Å²) in [4.78, 5) is 0.0851. The Bertz CT molecular complexity index is 511. The molecular weight excluding hydrogens is 347 g/mol. The molecular formula is C10H15BrClFN2O2S. The van der Waals surface area contributed by atoms with Crippen molar-refractivity contribution < 1.29 is 12.8 Å². The number of halogens is 3. The highest BCUT2D eigenvalue weighted by Crippen LogP contribution is 2.23. The highest BCUT2D eigenvalue weighted by molar-refractivity contribution is 9.10. The predicted octanol–water partition coefficient (Wildman–Crippen LogP) is 1.82. The van der Waals surface area contributed by atoms with Crippen LogP contribution in [0.25, 0.3) is 0 Å². The van der Waals surface area contributed by atoms with E-state index in [0.29, 0.717) is 12.1 Å². The Morgan fingerprint density at radius 3 is 2.50 bits per heavy atom. The van der Waals surface area contributed by atoms with Crippen molar-refractivity contribution >= 4 is 38.4 Å². The Labute approximate surface area is 121 Å². The highest BCUT2D eigenvalue weighted by Gasteiger charge is 2.18. The normalized spacial score (nSPS) is 11.1. The Balaban J connectivity index is 0.00000289. The van der Waals surface area contributed by atoms with Crippen molar-refractivity contribution in [2.24, 2.45) is 0 Å². The van der Waals surface area contributed by atoms with E-state index in [9.17, 15) is 12.8 Å². The lowest BCUT2D eigenvalue weighted by atomic mass is 10.2. The van der Waals surface area contributed by atoms with Gasteiger partial charge < -0.3 is 5.32 Å². The Hall–Kier alpha value is -0.210. The summed E-state index contributed by atoms with van der Waals surface area (Å²) < 4.78 is 39.6. The smallest absolute Gasteiger partial charge is 0.240 e. The predicted molar refractivity (Wildman–Crippen MR) is 75.2 cm³/mol. The van der Waals surface area contributed by atoms with Gasteiger partial charge in [-0.1, -0.05) is 0 Å². The van der Waals surface area contributed by atoms with Crippen molar-refractivity contribution in [3.63, 3.8) is 0 Å². The maximum Gasteiger partial charge on any atom is 0.240 e. The molecule has 0 bridgehead atoms. The van der Waals surface area contributed by atoms with E-state index in [1.165, 1.54) is 12.1 Å². The molecule has 8 heteroatoms. The summed E-state index contributed by atoms with van der Waals surface area (Å²) in [6.07, 6.45) is 0. The van der Waals surface area contributed by atoms with Gasteiger partial charge in [-0.3, -0.25) is 0 Å². The summed E-state index contributed by atoms with van der Waals surface area (Å²) in [5, 5.41) is 2.83. The molecule has 0 fully saturated rings. The fraction of sp³-hybridized carbons (Fsp3) is 0.400. The quantitative estimate of drug-likeness (QED) is 0.787. The molecule has 104 valence electrons. The van der Waals surface area contributed by atoms with Gasteiger partial charge in [-0.25, -0.2) is 17.5 Å². The molecule has 0 saturated heterocycles. The van der Waals surface area contributed by atoms with E-state index in [1.54, 1.807) is 14.0 Å². The van der Waals surface area contributed by atoms with Crippen molar-refractivity contribution in [1.29, 1.82) is 0 Å². The molecule has 0 spiro atoms.